The van der Waals surface area contributed by atoms with Gasteiger partial charge in [-0.1, -0.05) is 13.8 Å². The van der Waals surface area contributed by atoms with Crippen molar-refractivity contribution < 1.29 is 0 Å². The lowest BCUT2D eigenvalue weighted by molar-refractivity contribution is 0.387. The Morgan fingerprint density at radius 2 is 1.75 bits per heavy atom. The minimum atomic E-state index is 0.342. The van der Waals surface area contributed by atoms with Crippen LogP contribution in [0.4, 0.5) is 0 Å². The summed E-state index contributed by atoms with van der Waals surface area (Å²) < 4.78 is 0. The summed E-state index contributed by atoms with van der Waals surface area (Å²) in [6.07, 6.45) is 1.20. The summed E-state index contributed by atoms with van der Waals surface area (Å²) in [5.74, 6) is 0. The fourth-order valence-electron chi connectivity index (χ4n) is 0.604. The molecule has 1 heteroatoms. The van der Waals surface area contributed by atoms with Gasteiger partial charge in [0, 0.05) is 5.54 Å². The van der Waals surface area contributed by atoms with Gasteiger partial charge in [-0.15, -0.1) is 0 Å². The van der Waals surface area contributed by atoms with Gasteiger partial charge in [-0.3, -0.25) is 0 Å². The summed E-state index contributed by atoms with van der Waals surface area (Å²) >= 11 is 0. The van der Waals surface area contributed by atoms with Crippen LogP contribution < -0.4 is 5.32 Å². The van der Waals surface area contributed by atoms with Crippen molar-refractivity contribution in [2.24, 2.45) is 0 Å². The molecule has 0 aliphatic rings. The van der Waals surface area contributed by atoms with Gasteiger partial charge in [-0.2, -0.15) is 0 Å². The van der Waals surface area contributed by atoms with Crippen molar-refractivity contribution in [1.82, 2.24) is 5.32 Å². The molecule has 0 spiro atoms. The first-order chi connectivity index (χ1) is 3.62. The number of nitrogens with one attached hydrogen (secondary N) is 1. The average Bonchev–Trinajstić information content (AvgIpc) is 1.67. The van der Waals surface area contributed by atoms with Crippen molar-refractivity contribution in [2.75, 3.05) is 6.54 Å². The molecular weight excluding hydrogens is 98.1 g/mol. The first-order valence-electron chi connectivity index (χ1n) is 3.37. The largest absolute Gasteiger partial charge is 0.312 e. The maximum Gasteiger partial charge on any atom is 0.0122 e. The fourth-order valence-corrected chi connectivity index (χ4v) is 0.604. The normalized spacial score (nSPS) is 12.0. The first kappa shape index (κ1) is 7.96. The van der Waals surface area contributed by atoms with Gasteiger partial charge in [-0.25, -0.2) is 0 Å². The van der Waals surface area contributed by atoms with E-state index >= 15 is 0 Å². The molecule has 0 saturated heterocycles. The van der Waals surface area contributed by atoms with Gasteiger partial charge < -0.3 is 5.32 Å². The SMILES string of the molecule is CCNC(C)(C)CC. The van der Waals surface area contributed by atoms with Crippen molar-refractivity contribution in [3.8, 4) is 0 Å². The molecule has 0 saturated carbocycles. The Morgan fingerprint density at radius 3 is 1.88 bits per heavy atom. The molecule has 0 aliphatic heterocycles. The third-order valence-corrected chi connectivity index (χ3v) is 1.54. The molecule has 0 fully saturated rings. The molecule has 0 aliphatic carbocycles. The van der Waals surface area contributed by atoms with Crippen molar-refractivity contribution in [1.29, 1.82) is 0 Å². The summed E-state index contributed by atoms with van der Waals surface area (Å²) in [6, 6.07) is 0. The molecule has 0 aromatic rings. The van der Waals surface area contributed by atoms with Gasteiger partial charge in [-0.05, 0) is 26.8 Å². The first-order valence-corrected chi connectivity index (χ1v) is 3.37. The standard InChI is InChI=1S/C7H17N/c1-5-7(3,4)8-6-2/h8H,5-6H2,1-4H3. The zero-order valence-corrected chi connectivity index (χ0v) is 6.41. The second-order valence-electron chi connectivity index (χ2n) is 2.77. The Morgan fingerprint density at radius 1 is 1.25 bits per heavy atom. The van der Waals surface area contributed by atoms with E-state index in [-0.39, 0.29) is 0 Å². The molecule has 0 aromatic carbocycles. The van der Waals surface area contributed by atoms with Gasteiger partial charge in [0.15, 0.2) is 0 Å². The highest BCUT2D eigenvalue weighted by Crippen LogP contribution is 2.04. The molecule has 0 rings (SSSR count). The van der Waals surface area contributed by atoms with Crippen LogP contribution >= 0.6 is 0 Å². The van der Waals surface area contributed by atoms with E-state index in [4.69, 9.17) is 0 Å². The quantitative estimate of drug-likeness (QED) is 0.591. The number of hydrogen-bond donors (Lipinski definition) is 1. The molecule has 0 radical (unpaired) electrons. The van der Waals surface area contributed by atoms with Gasteiger partial charge in [0.05, 0.1) is 0 Å². The minimum absolute atomic E-state index is 0.342. The van der Waals surface area contributed by atoms with Gasteiger partial charge in [0.2, 0.25) is 0 Å². The van der Waals surface area contributed by atoms with Gasteiger partial charge in [0.1, 0.15) is 0 Å². The lowest BCUT2D eigenvalue weighted by Crippen LogP contribution is -2.37. The highest BCUT2D eigenvalue weighted by Gasteiger charge is 2.10. The van der Waals surface area contributed by atoms with Crippen LogP contribution in [0.2, 0.25) is 0 Å². The van der Waals surface area contributed by atoms with Crippen molar-refractivity contribution in [2.45, 2.75) is 39.7 Å². The van der Waals surface area contributed by atoms with E-state index in [1.165, 1.54) is 6.42 Å². The second-order valence-corrected chi connectivity index (χ2v) is 2.77. The van der Waals surface area contributed by atoms with Gasteiger partial charge >= 0.3 is 0 Å². The van der Waals surface area contributed by atoms with Crippen LogP contribution in [0.3, 0.4) is 0 Å². The molecule has 0 bridgehead atoms. The summed E-state index contributed by atoms with van der Waals surface area (Å²) in [7, 11) is 0. The van der Waals surface area contributed by atoms with Gasteiger partial charge in [0.25, 0.3) is 0 Å². The van der Waals surface area contributed by atoms with Crippen LogP contribution in [-0.2, 0) is 0 Å². The number of hydrogen-bond acceptors (Lipinski definition) is 1. The molecule has 0 heterocycles. The predicted octanol–water partition coefficient (Wildman–Crippen LogP) is 1.78. The van der Waals surface area contributed by atoms with Crippen LogP contribution in [0.15, 0.2) is 0 Å². The summed E-state index contributed by atoms with van der Waals surface area (Å²) in [6.45, 7) is 9.84. The van der Waals surface area contributed by atoms with E-state index < -0.39 is 0 Å². The predicted molar refractivity (Wildman–Crippen MR) is 38.0 cm³/mol. The Labute approximate surface area is 52.5 Å². The highest BCUT2D eigenvalue weighted by molar-refractivity contribution is 4.73. The second kappa shape index (κ2) is 3.08. The van der Waals surface area contributed by atoms with E-state index in [9.17, 15) is 0 Å². The Bertz CT molecular complexity index is 57.4. The Balaban J connectivity index is 3.37. The van der Waals surface area contributed by atoms with Crippen LogP contribution in [0.5, 0.6) is 0 Å². The Kier molecular flexibility index (Phi) is 3.06. The molecule has 0 atom stereocenters. The topological polar surface area (TPSA) is 12.0 Å². The molecule has 0 aromatic heterocycles. The van der Waals surface area contributed by atoms with E-state index in [1.807, 2.05) is 0 Å². The maximum absolute atomic E-state index is 3.37. The molecule has 0 unspecified atom stereocenters. The molecule has 8 heavy (non-hydrogen) atoms. The van der Waals surface area contributed by atoms with Crippen LogP contribution in [0, 0.1) is 0 Å². The summed E-state index contributed by atoms with van der Waals surface area (Å²) in [5, 5.41) is 3.37. The molecular formula is C7H17N. The lowest BCUT2D eigenvalue weighted by Gasteiger charge is -2.23. The van der Waals surface area contributed by atoms with Crippen molar-refractivity contribution in [3.63, 3.8) is 0 Å². The summed E-state index contributed by atoms with van der Waals surface area (Å²) in [4.78, 5) is 0. The molecule has 50 valence electrons. The third kappa shape index (κ3) is 3.03. The Hall–Kier alpha value is -0.0400. The summed E-state index contributed by atoms with van der Waals surface area (Å²) in [5.41, 5.74) is 0.342. The minimum Gasteiger partial charge on any atom is -0.312 e. The van der Waals surface area contributed by atoms with Crippen LogP contribution in [0.1, 0.15) is 34.1 Å². The fraction of sp³-hybridized carbons (Fsp3) is 1.00. The highest BCUT2D eigenvalue weighted by atomic mass is 14.9. The number of rotatable bonds is 3. The van der Waals surface area contributed by atoms with E-state index in [1.54, 1.807) is 0 Å². The molecule has 1 N–H and O–H groups in total. The smallest absolute Gasteiger partial charge is 0.0122 e. The van der Waals surface area contributed by atoms with E-state index in [2.05, 4.69) is 33.0 Å². The third-order valence-electron chi connectivity index (χ3n) is 1.54. The molecule has 0 amide bonds. The maximum atomic E-state index is 3.37. The van der Waals surface area contributed by atoms with Crippen molar-refractivity contribution in [3.05, 3.63) is 0 Å². The van der Waals surface area contributed by atoms with Crippen LogP contribution in [0.25, 0.3) is 0 Å². The average molecular weight is 115 g/mol. The van der Waals surface area contributed by atoms with E-state index in [0.29, 0.717) is 5.54 Å². The zero-order chi connectivity index (χ0) is 6.62. The van der Waals surface area contributed by atoms with E-state index in [0.717, 1.165) is 6.54 Å². The lowest BCUT2D eigenvalue weighted by atomic mass is 10.0. The van der Waals surface area contributed by atoms with Crippen LogP contribution in [-0.4, -0.2) is 12.1 Å². The van der Waals surface area contributed by atoms with Crippen molar-refractivity contribution >= 4 is 0 Å². The zero-order valence-electron chi connectivity index (χ0n) is 6.41. The molecule has 1 nitrogen and oxygen atoms in total. The monoisotopic (exact) mass is 115 g/mol.